The first-order chi connectivity index (χ1) is 16.2. The Bertz CT molecular complexity index is 1400. The first-order valence-corrected chi connectivity index (χ1v) is 11.9. The summed E-state index contributed by atoms with van der Waals surface area (Å²) in [7, 11) is 1.96. The highest BCUT2D eigenvalue weighted by molar-refractivity contribution is 6.33. The molecule has 0 aliphatic carbocycles. The Labute approximate surface area is 207 Å². The Kier molecular flexibility index (Phi) is 5.73. The number of aryl methyl sites for hydroxylation is 2. The SMILES string of the molecule is Cc1ncc(-c2ccc(CN3C(=O)CCn4nc(-c5c(Cl)cnn5C(C)C)cc43)cc2Cl)n1C. The van der Waals surface area contributed by atoms with E-state index in [0.717, 1.165) is 34.2 Å². The highest BCUT2D eigenvalue weighted by Crippen LogP contribution is 2.35. The number of rotatable bonds is 5. The summed E-state index contributed by atoms with van der Waals surface area (Å²) >= 11 is 13.1. The minimum atomic E-state index is 0.0462. The van der Waals surface area contributed by atoms with Gasteiger partial charge in [0.1, 0.15) is 23.0 Å². The molecule has 176 valence electrons. The molecule has 5 rings (SSSR count). The van der Waals surface area contributed by atoms with E-state index in [0.29, 0.717) is 35.2 Å². The lowest BCUT2D eigenvalue weighted by atomic mass is 10.1. The zero-order chi connectivity index (χ0) is 24.1. The maximum atomic E-state index is 12.9. The number of amides is 1. The predicted molar refractivity (Wildman–Crippen MR) is 133 cm³/mol. The molecule has 3 aromatic heterocycles. The molecule has 34 heavy (non-hydrogen) atoms. The molecule has 0 radical (unpaired) electrons. The highest BCUT2D eigenvalue weighted by atomic mass is 35.5. The molecule has 0 unspecified atom stereocenters. The number of aromatic nitrogens is 6. The van der Waals surface area contributed by atoms with Crippen molar-refractivity contribution in [2.75, 3.05) is 4.90 Å². The molecule has 0 atom stereocenters. The van der Waals surface area contributed by atoms with Crippen LogP contribution >= 0.6 is 23.2 Å². The molecular formula is C24H25Cl2N7O. The van der Waals surface area contributed by atoms with Gasteiger partial charge >= 0.3 is 0 Å². The average molecular weight is 498 g/mol. The van der Waals surface area contributed by atoms with Gasteiger partial charge in [-0.1, -0.05) is 35.3 Å². The summed E-state index contributed by atoms with van der Waals surface area (Å²) in [4.78, 5) is 19.0. The summed E-state index contributed by atoms with van der Waals surface area (Å²) in [5.74, 6) is 1.70. The van der Waals surface area contributed by atoms with Crippen LogP contribution in [0.3, 0.4) is 0 Å². The molecule has 0 saturated heterocycles. The molecule has 0 fully saturated rings. The van der Waals surface area contributed by atoms with Crippen LogP contribution < -0.4 is 4.90 Å². The smallest absolute Gasteiger partial charge is 0.230 e. The van der Waals surface area contributed by atoms with Gasteiger partial charge in [0, 0.05) is 31.1 Å². The Morgan fingerprint density at radius 1 is 1.12 bits per heavy atom. The third kappa shape index (κ3) is 3.80. The van der Waals surface area contributed by atoms with E-state index in [9.17, 15) is 4.79 Å². The van der Waals surface area contributed by atoms with Crippen molar-refractivity contribution < 1.29 is 4.79 Å². The number of imidazole rings is 1. The number of carbonyl (C=O) groups excluding carboxylic acids is 1. The van der Waals surface area contributed by atoms with Crippen LogP contribution in [-0.4, -0.2) is 35.0 Å². The second kappa shape index (κ2) is 8.60. The monoisotopic (exact) mass is 497 g/mol. The number of hydrogen-bond acceptors (Lipinski definition) is 4. The zero-order valence-corrected chi connectivity index (χ0v) is 21.0. The summed E-state index contributed by atoms with van der Waals surface area (Å²) in [5.41, 5.74) is 4.24. The molecular weight excluding hydrogens is 473 g/mol. The molecule has 8 nitrogen and oxygen atoms in total. The van der Waals surface area contributed by atoms with Gasteiger partial charge in [0.05, 0.1) is 41.2 Å². The van der Waals surface area contributed by atoms with Gasteiger partial charge in [-0.3, -0.25) is 14.4 Å². The van der Waals surface area contributed by atoms with Crippen molar-refractivity contribution in [3.63, 3.8) is 0 Å². The summed E-state index contributed by atoms with van der Waals surface area (Å²) in [6, 6.07) is 7.92. The van der Waals surface area contributed by atoms with Gasteiger partial charge < -0.3 is 4.57 Å². The maximum Gasteiger partial charge on any atom is 0.230 e. The van der Waals surface area contributed by atoms with E-state index in [1.165, 1.54) is 0 Å². The van der Waals surface area contributed by atoms with Gasteiger partial charge in [0.25, 0.3) is 0 Å². The quantitative estimate of drug-likeness (QED) is 0.375. The Morgan fingerprint density at radius 2 is 1.91 bits per heavy atom. The van der Waals surface area contributed by atoms with Crippen molar-refractivity contribution in [1.29, 1.82) is 0 Å². The van der Waals surface area contributed by atoms with E-state index in [-0.39, 0.29) is 11.9 Å². The molecule has 10 heteroatoms. The fourth-order valence-corrected chi connectivity index (χ4v) is 4.84. The summed E-state index contributed by atoms with van der Waals surface area (Å²) in [6.07, 6.45) is 3.83. The van der Waals surface area contributed by atoms with Crippen molar-refractivity contribution in [1.82, 2.24) is 29.1 Å². The van der Waals surface area contributed by atoms with Crippen molar-refractivity contribution in [3.05, 3.63) is 58.1 Å². The van der Waals surface area contributed by atoms with Crippen LogP contribution in [0.5, 0.6) is 0 Å². The number of nitrogens with zero attached hydrogens (tertiary/aromatic N) is 7. The van der Waals surface area contributed by atoms with Crippen molar-refractivity contribution in [3.8, 4) is 22.6 Å². The van der Waals surface area contributed by atoms with E-state index in [4.69, 9.17) is 28.3 Å². The average Bonchev–Trinajstić information content (AvgIpc) is 3.48. The Morgan fingerprint density at radius 3 is 2.59 bits per heavy atom. The molecule has 1 aliphatic rings. The van der Waals surface area contributed by atoms with Crippen molar-refractivity contribution in [2.24, 2.45) is 7.05 Å². The number of halogens is 2. The lowest BCUT2D eigenvalue weighted by Crippen LogP contribution is -2.36. The molecule has 1 aliphatic heterocycles. The fourth-order valence-electron chi connectivity index (χ4n) is 4.31. The van der Waals surface area contributed by atoms with Crippen LogP contribution in [0.25, 0.3) is 22.6 Å². The van der Waals surface area contributed by atoms with Crippen molar-refractivity contribution in [2.45, 2.75) is 46.3 Å². The molecule has 4 aromatic rings. The van der Waals surface area contributed by atoms with Gasteiger partial charge in [0.2, 0.25) is 5.91 Å². The minimum absolute atomic E-state index is 0.0462. The van der Waals surface area contributed by atoms with Gasteiger partial charge in [-0.2, -0.15) is 10.2 Å². The number of hydrogen-bond donors (Lipinski definition) is 0. The number of fused-ring (bicyclic) bond motifs is 1. The largest absolute Gasteiger partial charge is 0.331 e. The lowest BCUT2D eigenvalue weighted by molar-refractivity contribution is -0.119. The van der Waals surface area contributed by atoms with Crippen LogP contribution in [0.15, 0.2) is 36.7 Å². The van der Waals surface area contributed by atoms with Crippen LogP contribution in [0.4, 0.5) is 5.82 Å². The number of benzene rings is 1. The standard InChI is InChI=1S/C24H25Cl2N7O/c1-14(2)33-24(19(26)11-28-33)20-10-22-31(23(34)7-8-32(22)29-20)13-16-5-6-17(18(25)9-16)21-12-27-15(3)30(21)4/h5-6,9-12,14H,7-8,13H2,1-4H3. The topological polar surface area (TPSA) is 73.8 Å². The third-order valence-electron chi connectivity index (χ3n) is 6.23. The molecule has 1 aromatic carbocycles. The third-order valence-corrected chi connectivity index (χ3v) is 6.82. The van der Waals surface area contributed by atoms with Crippen LogP contribution in [-0.2, 0) is 24.9 Å². The zero-order valence-electron chi connectivity index (χ0n) is 19.5. The first-order valence-electron chi connectivity index (χ1n) is 11.1. The van der Waals surface area contributed by atoms with Crippen LogP contribution in [0.1, 0.15) is 37.7 Å². The summed E-state index contributed by atoms with van der Waals surface area (Å²) in [5, 5.41) is 10.3. The predicted octanol–water partition coefficient (Wildman–Crippen LogP) is 5.28. The van der Waals surface area contributed by atoms with Gasteiger partial charge in [-0.25, -0.2) is 9.67 Å². The van der Waals surface area contributed by atoms with Gasteiger partial charge in [-0.15, -0.1) is 0 Å². The maximum absolute atomic E-state index is 12.9. The summed E-state index contributed by atoms with van der Waals surface area (Å²) < 4.78 is 5.71. The van der Waals surface area contributed by atoms with Gasteiger partial charge in [0.15, 0.2) is 0 Å². The number of carbonyl (C=O) groups is 1. The normalized spacial score (nSPS) is 13.7. The van der Waals surface area contributed by atoms with Crippen molar-refractivity contribution >= 4 is 34.9 Å². The molecule has 0 spiro atoms. The molecule has 0 bridgehead atoms. The van der Waals surface area contributed by atoms with E-state index in [2.05, 4.69) is 10.1 Å². The second-order valence-corrected chi connectivity index (χ2v) is 9.60. The molecule has 4 heterocycles. The Balaban J connectivity index is 1.47. The van der Waals surface area contributed by atoms with E-state index in [1.54, 1.807) is 11.1 Å². The number of anilines is 1. The highest BCUT2D eigenvalue weighted by Gasteiger charge is 2.28. The van der Waals surface area contributed by atoms with E-state index < -0.39 is 0 Å². The lowest BCUT2D eigenvalue weighted by Gasteiger charge is -2.27. The Hall–Kier alpha value is -3.10. The summed E-state index contributed by atoms with van der Waals surface area (Å²) in [6.45, 7) is 6.95. The van der Waals surface area contributed by atoms with Crippen LogP contribution in [0, 0.1) is 6.92 Å². The van der Waals surface area contributed by atoms with E-state index in [1.807, 2.05) is 72.2 Å². The second-order valence-electron chi connectivity index (χ2n) is 8.78. The molecule has 0 saturated carbocycles. The molecule has 1 amide bonds. The minimum Gasteiger partial charge on any atom is -0.331 e. The molecule has 0 N–H and O–H groups in total. The van der Waals surface area contributed by atoms with Gasteiger partial charge in [-0.05, 0) is 32.4 Å². The fraction of sp³-hybridized carbons (Fsp3) is 0.333. The van der Waals surface area contributed by atoms with E-state index >= 15 is 0 Å². The van der Waals surface area contributed by atoms with Crippen LogP contribution in [0.2, 0.25) is 10.0 Å². The first kappa shape index (κ1) is 22.7.